The summed E-state index contributed by atoms with van der Waals surface area (Å²) in [5.74, 6) is 5.40. The topological polar surface area (TPSA) is 29.1 Å². The van der Waals surface area contributed by atoms with E-state index in [1.165, 1.54) is 19.3 Å². The van der Waals surface area contributed by atoms with E-state index in [0.717, 1.165) is 37.0 Å². The first kappa shape index (κ1) is 12.1. The SMILES string of the molecule is C#CCC(C)NC(=O)C12CC3CC(CC(C3)C1)C2. The second-order valence-electron chi connectivity index (χ2n) is 6.98. The van der Waals surface area contributed by atoms with E-state index in [1.807, 2.05) is 6.92 Å². The van der Waals surface area contributed by atoms with Gasteiger partial charge in [0.1, 0.15) is 0 Å². The third kappa shape index (κ3) is 1.94. The Morgan fingerprint density at radius 1 is 1.28 bits per heavy atom. The molecule has 4 aliphatic rings. The third-order valence-electron chi connectivity index (χ3n) is 5.32. The van der Waals surface area contributed by atoms with Crippen LogP contribution in [0.25, 0.3) is 0 Å². The van der Waals surface area contributed by atoms with Crippen LogP contribution in [0.3, 0.4) is 0 Å². The van der Waals surface area contributed by atoms with Crippen molar-refractivity contribution in [2.45, 2.75) is 57.9 Å². The van der Waals surface area contributed by atoms with Gasteiger partial charge < -0.3 is 5.32 Å². The molecule has 0 aliphatic heterocycles. The van der Waals surface area contributed by atoms with E-state index in [2.05, 4.69) is 11.2 Å². The highest BCUT2D eigenvalue weighted by Gasteiger charge is 2.54. The van der Waals surface area contributed by atoms with Gasteiger partial charge in [0.25, 0.3) is 0 Å². The Kier molecular flexibility index (Phi) is 2.88. The van der Waals surface area contributed by atoms with Crippen LogP contribution in [0.5, 0.6) is 0 Å². The number of carbonyl (C=O) groups is 1. The minimum Gasteiger partial charge on any atom is -0.352 e. The van der Waals surface area contributed by atoms with Gasteiger partial charge in [-0.2, -0.15) is 0 Å². The molecule has 0 heterocycles. The predicted molar refractivity (Wildman–Crippen MR) is 71.7 cm³/mol. The molecule has 4 rings (SSSR count). The maximum Gasteiger partial charge on any atom is 0.226 e. The Labute approximate surface area is 110 Å². The van der Waals surface area contributed by atoms with Crippen LogP contribution < -0.4 is 5.32 Å². The minimum absolute atomic E-state index is 0.0302. The summed E-state index contributed by atoms with van der Waals surface area (Å²) in [5.41, 5.74) is -0.0302. The van der Waals surface area contributed by atoms with Gasteiger partial charge in [-0.25, -0.2) is 0 Å². The van der Waals surface area contributed by atoms with E-state index in [9.17, 15) is 4.79 Å². The molecule has 0 saturated heterocycles. The fourth-order valence-electron chi connectivity index (χ4n) is 4.99. The quantitative estimate of drug-likeness (QED) is 0.761. The van der Waals surface area contributed by atoms with Gasteiger partial charge in [0.05, 0.1) is 0 Å². The van der Waals surface area contributed by atoms with Gasteiger partial charge >= 0.3 is 0 Å². The Morgan fingerprint density at radius 2 is 1.78 bits per heavy atom. The van der Waals surface area contributed by atoms with E-state index in [0.29, 0.717) is 12.3 Å². The molecular weight excluding hydrogens is 222 g/mol. The largest absolute Gasteiger partial charge is 0.352 e. The van der Waals surface area contributed by atoms with Gasteiger partial charge in [-0.05, 0) is 63.2 Å². The summed E-state index contributed by atoms with van der Waals surface area (Å²) in [7, 11) is 0. The molecule has 0 spiro atoms. The normalized spacial score (nSPS) is 42.3. The number of hydrogen-bond acceptors (Lipinski definition) is 1. The number of nitrogens with one attached hydrogen (secondary N) is 1. The number of rotatable bonds is 3. The molecule has 4 saturated carbocycles. The van der Waals surface area contributed by atoms with Gasteiger partial charge in [0.2, 0.25) is 5.91 Å². The van der Waals surface area contributed by atoms with Crippen molar-refractivity contribution in [3.05, 3.63) is 0 Å². The molecule has 0 aromatic carbocycles. The molecule has 4 aliphatic carbocycles. The molecule has 4 bridgehead atoms. The molecule has 1 amide bonds. The second-order valence-corrected chi connectivity index (χ2v) is 6.98. The van der Waals surface area contributed by atoms with Crippen LogP contribution in [0.1, 0.15) is 51.9 Å². The van der Waals surface area contributed by atoms with Crippen LogP contribution in [0, 0.1) is 35.5 Å². The molecule has 2 heteroatoms. The van der Waals surface area contributed by atoms with Gasteiger partial charge in [-0.1, -0.05) is 0 Å². The first-order chi connectivity index (χ1) is 8.61. The lowest BCUT2D eigenvalue weighted by atomic mass is 9.49. The summed E-state index contributed by atoms with van der Waals surface area (Å²) < 4.78 is 0. The number of terminal acetylenes is 1. The molecule has 1 N–H and O–H groups in total. The molecule has 0 aromatic heterocycles. The predicted octanol–water partition coefficient (Wildman–Crippen LogP) is 2.73. The zero-order chi connectivity index (χ0) is 12.8. The van der Waals surface area contributed by atoms with Crippen LogP contribution >= 0.6 is 0 Å². The zero-order valence-corrected chi connectivity index (χ0v) is 11.2. The van der Waals surface area contributed by atoms with Crippen LogP contribution in [-0.2, 0) is 4.79 Å². The van der Waals surface area contributed by atoms with Crippen molar-refractivity contribution in [1.29, 1.82) is 0 Å². The molecule has 18 heavy (non-hydrogen) atoms. The van der Waals surface area contributed by atoms with Crippen LogP contribution in [0.15, 0.2) is 0 Å². The average Bonchev–Trinajstić information content (AvgIpc) is 2.27. The standard InChI is InChI=1S/C16H23NO/c1-3-4-11(2)17-15(18)16-8-12-5-13(9-16)7-14(6-12)10-16/h1,11-14H,4-10H2,2H3,(H,17,18). The minimum atomic E-state index is -0.0302. The highest BCUT2D eigenvalue weighted by Crippen LogP contribution is 2.60. The highest BCUT2D eigenvalue weighted by atomic mass is 16.2. The Hall–Kier alpha value is -0.970. The summed E-state index contributed by atoms with van der Waals surface area (Å²) in [5, 5.41) is 3.16. The highest BCUT2D eigenvalue weighted by molar-refractivity contribution is 5.83. The maximum absolute atomic E-state index is 12.6. The first-order valence-electron chi connectivity index (χ1n) is 7.36. The molecule has 0 aromatic rings. The second kappa shape index (κ2) is 4.30. The summed E-state index contributed by atoms with van der Waals surface area (Å²) in [4.78, 5) is 12.6. The fraction of sp³-hybridized carbons (Fsp3) is 0.812. The monoisotopic (exact) mass is 245 g/mol. The summed E-state index contributed by atoms with van der Waals surface area (Å²) in [6.45, 7) is 2.01. The van der Waals surface area contributed by atoms with Crippen LogP contribution in [-0.4, -0.2) is 11.9 Å². The van der Waals surface area contributed by atoms with E-state index < -0.39 is 0 Å². The van der Waals surface area contributed by atoms with Gasteiger partial charge in [0, 0.05) is 17.9 Å². The number of amides is 1. The van der Waals surface area contributed by atoms with Crippen molar-refractivity contribution >= 4 is 5.91 Å². The van der Waals surface area contributed by atoms with Crippen molar-refractivity contribution in [1.82, 2.24) is 5.32 Å². The maximum atomic E-state index is 12.6. The van der Waals surface area contributed by atoms with E-state index in [-0.39, 0.29) is 11.5 Å². The van der Waals surface area contributed by atoms with Crippen molar-refractivity contribution in [2.24, 2.45) is 23.2 Å². The summed E-state index contributed by atoms with van der Waals surface area (Å²) in [6, 6.07) is 0.121. The van der Waals surface area contributed by atoms with E-state index in [4.69, 9.17) is 6.42 Å². The van der Waals surface area contributed by atoms with Gasteiger partial charge in [0.15, 0.2) is 0 Å². The summed E-state index contributed by atoms with van der Waals surface area (Å²) in [6.07, 6.45) is 13.5. The molecular formula is C16H23NO. The Balaban J connectivity index is 1.71. The van der Waals surface area contributed by atoms with Crippen molar-refractivity contribution in [3.63, 3.8) is 0 Å². The molecule has 1 atom stereocenters. The van der Waals surface area contributed by atoms with Gasteiger partial charge in [-0.3, -0.25) is 4.79 Å². The molecule has 2 nitrogen and oxygen atoms in total. The average molecular weight is 245 g/mol. The fourth-order valence-corrected chi connectivity index (χ4v) is 4.99. The number of hydrogen-bond donors (Lipinski definition) is 1. The smallest absolute Gasteiger partial charge is 0.226 e. The lowest BCUT2D eigenvalue weighted by Gasteiger charge is -2.55. The Morgan fingerprint density at radius 3 is 2.22 bits per heavy atom. The van der Waals surface area contributed by atoms with Crippen LogP contribution in [0.2, 0.25) is 0 Å². The molecule has 4 fully saturated rings. The zero-order valence-electron chi connectivity index (χ0n) is 11.2. The van der Waals surface area contributed by atoms with E-state index in [1.54, 1.807) is 0 Å². The van der Waals surface area contributed by atoms with Crippen LogP contribution in [0.4, 0.5) is 0 Å². The third-order valence-corrected chi connectivity index (χ3v) is 5.32. The molecule has 0 radical (unpaired) electrons. The summed E-state index contributed by atoms with van der Waals surface area (Å²) >= 11 is 0. The lowest BCUT2D eigenvalue weighted by Crippen LogP contribution is -2.54. The molecule has 98 valence electrons. The van der Waals surface area contributed by atoms with Gasteiger partial charge in [-0.15, -0.1) is 12.3 Å². The van der Waals surface area contributed by atoms with Crippen molar-refractivity contribution in [2.75, 3.05) is 0 Å². The molecule has 1 unspecified atom stereocenters. The lowest BCUT2D eigenvalue weighted by molar-refractivity contribution is -0.146. The number of carbonyl (C=O) groups excluding carboxylic acids is 1. The Bertz CT molecular complexity index is 357. The van der Waals surface area contributed by atoms with Crippen molar-refractivity contribution in [3.8, 4) is 12.3 Å². The van der Waals surface area contributed by atoms with Crippen molar-refractivity contribution < 1.29 is 4.79 Å². The van der Waals surface area contributed by atoms with E-state index >= 15 is 0 Å². The first-order valence-corrected chi connectivity index (χ1v) is 7.36.